The summed E-state index contributed by atoms with van der Waals surface area (Å²) in [6.07, 6.45) is 0.281. The van der Waals surface area contributed by atoms with Crippen LogP contribution in [-0.4, -0.2) is 57.0 Å². The number of aromatic nitrogens is 2. The Morgan fingerprint density at radius 3 is 2.66 bits per heavy atom. The molecular formula is C21H18N4O6S. The number of aromatic hydroxyl groups is 1. The normalized spacial score (nSPS) is 21.6. The summed E-state index contributed by atoms with van der Waals surface area (Å²) in [6, 6.07) is 11.1. The van der Waals surface area contributed by atoms with E-state index in [1.807, 2.05) is 0 Å². The van der Waals surface area contributed by atoms with Gasteiger partial charge in [0, 0.05) is 29.3 Å². The fourth-order valence-electron chi connectivity index (χ4n) is 4.55. The quantitative estimate of drug-likeness (QED) is 0.454. The number of rotatable bonds is 4. The first-order valence-electron chi connectivity index (χ1n) is 9.91. The lowest BCUT2D eigenvalue weighted by molar-refractivity contribution is -0.384. The maximum absolute atomic E-state index is 13.4. The number of carbonyl (C=O) groups is 1. The molecule has 2 aromatic carbocycles. The molecule has 10 nitrogen and oxygen atoms in total. The molecule has 3 heterocycles. The van der Waals surface area contributed by atoms with Crippen LogP contribution in [-0.2, 0) is 9.84 Å². The van der Waals surface area contributed by atoms with E-state index in [2.05, 4.69) is 10.2 Å². The molecular weight excluding hydrogens is 436 g/mol. The first-order valence-corrected chi connectivity index (χ1v) is 11.7. The Hall–Kier alpha value is -3.73. The summed E-state index contributed by atoms with van der Waals surface area (Å²) < 4.78 is 24.3. The van der Waals surface area contributed by atoms with E-state index in [1.165, 1.54) is 29.2 Å². The molecule has 32 heavy (non-hydrogen) atoms. The monoisotopic (exact) mass is 454 g/mol. The summed E-state index contributed by atoms with van der Waals surface area (Å²) in [4.78, 5) is 25.7. The predicted molar refractivity (Wildman–Crippen MR) is 114 cm³/mol. The number of aromatic amines is 1. The topological polar surface area (TPSA) is 146 Å². The van der Waals surface area contributed by atoms with Crippen molar-refractivity contribution in [2.24, 2.45) is 0 Å². The Kier molecular flexibility index (Phi) is 4.52. The molecule has 11 heteroatoms. The average Bonchev–Trinajstić information content (AvgIpc) is 3.42. The van der Waals surface area contributed by atoms with E-state index < -0.39 is 32.8 Å². The number of fused-ring (bicyclic) bond motifs is 1. The van der Waals surface area contributed by atoms with Gasteiger partial charge in [-0.3, -0.25) is 20.0 Å². The maximum atomic E-state index is 13.4. The van der Waals surface area contributed by atoms with Crippen LogP contribution < -0.4 is 0 Å². The molecule has 3 aromatic rings. The number of para-hydroxylation sites is 1. The summed E-state index contributed by atoms with van der Waals surface area (Å²) in [6.45, 7) is 0. The summed E-state index contributed by atoms with van der Waals surface area (Å²) in [5.74, 6) is -0.656. The van der Waals surface area contributed by atoms with Gasteiger partial charge in [0.15, 0.2) is 9.84 Å². The van der Waals surface area contributed by atoms with E-state index in [9.17, 15) is 28.4 Å². The first-order chi connectivity index (χ1) is 15.3. The van der Waals surface area contributed by atoms with Gasteiger partial charge in [-0.2, -0.15) is 5.10 Å². The number of nitro benzene ring substituents is 1. The molecule has 1 fully saturated rings. The highest BCUT2D eigenvalue weighted by molar-refractivity contribution is 7.91. The van der Waals surface area contributed by atoms with Crippen molar-refractivity contribution in [1.29, 1.82) is 0 Å². The number of hydrogen-bond donors (Lipinski definition) is 2. The molecule has 2 unspecified atom stereocenters. The summed E-state index contributed by atoms with van der Waals surface area (Å²) in [7, 11) is -3.29. The van der Waals surface area contributed by atoms with Crippen molar-refractivity contribution in [2.45, 2.75) is 18.5 Å². The molecule has 0 spiro atoms. The Bertz CT molecular complexity index is 1370. The molecule has 0 radical (unpaired) electrons. The molecule has 0 aliphatic carbocycles. The molecule has 1 amide bonds. The number of H-pyrrole nitrogens is 1. The lowest BCUT2D eigenvalue weighted by Gasteiger charge is -2.31. The van der Waals surface area contributed by atoms with Crippen LogP contribution >= 0.6 is 0 Å². The third-order valence-electron chi connectivity index (χ3n) is 5.96. The molecule has 164 valence electrons. The minimum Gasteiger partial charge on any atom is -0.507 e. The van der Waals surface area contributed by atoms with E-state index in [0.717, 1.165) is 0 Å². The fourth-order valence-corrected chi connectivity index (χ4v) is 6.26. The number of carbonyl (C=O) groups excluding carboxylic acids is 1. The van der Waals surface area contributed by atoms with Crippen LogP contribution in [0.1, 0.15) is 34.1 Å². The molecule has 2 aliphatic rings. The van der Waals surface area contributed by atoms with Gasteiger partial charge in [0.1, 0.15) is 17.1 Å². The van der Waals surface area contributed by atoms with Crippen LogP contribution in [0.3, 0.4) is 0 Å². The van der Waals surface area contributed by atoms with Crippen LogP contribution in [0, 0.1) is 10.1 Å². The van der Waals surface area contributed by atoms with Crippen molar-refractivity contribution < 1.29 is 23.2 Å². The molecule has 1 saturated heterocycles. The zero-order valence-corrected chi connectivity index (χ0v) is 17.4. The van der Waals surface area contributed by atoms with E-state index in [0.29, 0.717) is 22.4 Å². The van der Waals surface area contributed by atoms with Crippen LogP contribution in [0.15, 0.2) is 48.5 Å². The van der Waals surface area contributed by atoms with Gasteiger partial charge < -0.3 is 10.0 Å². The van der Waals surface area contributed by atoms with Crippen molar-refractivity contribution in [3.63, 3.8) is 0 Å². The first kappa shape index (κ1) is 20.2. The second kappa shape index (κ2) is 7.16. The predicted octanol–water partition coefficient (Wildman–Crippen LogP) is 2.42. The van der Waals surface area contributed by atoms with E-state index in [4.69, 9.17) is 0 Å². The van der Waals surface area contributed by atoms with E-state index in [-0.39, 0.29) is 35.1 Å². The van der Waals surface area contributed by atoms with Crippen molar-refractivity contribution in [3.05, 3.63) is 75.5 Å². The van der Waals surface area contributed by atoms with Gasteiger partial charge in [0.2, 0.25) is 0 Å². The molecule has 5 rings (SSSR count). The number of amides is 1. The van der Waals surface area contributed by atoms with Gasteiger partial charge in [-0.25, -0.2) is 8.42 Å². The zero-order valence-electron chi connectivity index (χ0n) is 16.6. The Labute approximate surface area is 182 Å². The number of nitrogens with one attached hydrogen (secondary N) is 1. The number of phenolic OH excluding ortho intramolecular Hbond substituents is 1. The van der Waals surface area contributed by atoms with Crippen LogP contribution in [0.4, 0.5) is 5.69 Å². The van der Waals surface area contributed by atoms with Gasteiger partial charge in [-0.15, -0.1) is 0 Å². The van der Waals surface area contributed by atoms with Crippen molar-refractivity contribution in [3.8, 4) is 17.0 Å². The number of nitro groups is 1. The average molecular weight is 454 g/mol. The third kappa shape index (κ3) is 3.12. The second-order valence-corrected chi connectivity index (χ2v) is 10.1. The molecule has 2 N–H and O–H groups in total. The summed E-state index contributed by atoms with van der Waals surface area (Å²) >= 11 is 0. The molecule has 0 saturated carbocycles. The van der Waals surface area contributed by atoms with Crippen LogP contribution in [0.5, 0.6) is 5.75 Å². The number of non-ortho nitro benzene ring substituents is 1. The van der Waals surface area contributed by atoms with Crippen molar-refractivity contribution >= 4 is 21.4 Å². The smallest absolute Gasteiger partial charge is 0.273 e. The number of nitrogens with zero attached hydrogens (tertiary/aromatic N) is 3. The Morgan fingerprint density at radius 2 is 1.97 bits per heavy atom. The van der Waals surface area contributed by atoms with Gasteiger partial charge in [0.25, 0.3) is 11.6 Å². The van der Waals surface area contributed by atoms with Gasteiger partial charge in [0.05, 0.1) is 22.5 Å². The number of sulfone groups is 1. The highest BCUT2D eigenvalue weighted by atomic mass is 32.2. The zero-order chi connectivity index (χ0) is 22.6. The van der Waals surface area contributed by atoms with Crippen LogP contribution in [0.25, 0.3) is 11.3 Å². The lowest BCUT2D eigenvalue weighted by Crippen LogP contribution is -2.40. The number of benzene rings is 2. The molecule has 1 aromatic heterocycles. The Balaban J connectivity index is 1.71. The van der Waals surface area contributed by atoms with E-state index >= 15 is 0 Å². The number of phenols is 1. The summed E-state index contributed by atoms with van der Waals surface area (Å²) in [5, 5.41) is 28.8. The highest BCUT2D eigenvalue weighted by Crippen LogP contribution is 2.46. The van der Waals surface area contributed by atoms with Gasteiger partial charge >= 0.3 is 0 Å². The molecule has 2 aliphatic heterocycles. The Morgan fingerprint density at radius 1 is 1.19 bits per heavy atom. The molecule has 0 bridgehead atoms. The highest BCUT2D eigenvalue weighted by Gasteiger charge is 2.48. The summed E-state index contributed by atoms with van der Waals surface area (Å²) in [5.41, 5.74) is 1.70. The third-order valence-corrected chi connectivity index (χ3v) is 7.71. The van der Waals surface area contributed by atoms with Crippen molar-refractivity contribution in [2.75, 3.05) is 11.5 Å². The fraction of sp³-hybridized carbons (Fsp3) is 0.238. The molecule has 2 atom stereocenters. The standard InChI is InChI=1S/C21H18N4O6S/c26-16-7-2-1-6-15(16)18-17-19(23-22-18)21(27)24(14-8-9-32(30,31)11-14)20(17)12-4-3-5-13(10-12)25(28)29/h1-7,10,14,20,26H,8-9,11H2,(H,22,23). The van der Waals surface area contributed by atoms with Crippen LogP contribution in [0.2, 0.25) is 0 Å². The largest absolute Gasteiger partial charge is 0.507 e. The minimum atomic E-state index is -3.29. The SMILES string of the molecule is O=C1c2[nH]nc(-c3ccccc3O)c2C(c2cccc([N+](=O)[O-])c2)N1C1CCS(=O)(=O)C1. The number of hydrogen-bond acceptors (Lipinski definition) is 7. The van der Waals surface area contributed by atoms with Crippen molar-refractivity contribution in [1.82, 2.24) is 15.1 Å². The van der Waals surface area contributed by atoms with Gasteiger partial charge in [-0.1, -0.05) is 24.3 Å². The second-order valence-electron chi connectivity index (χ2n) is 7.90. The van der Waals surface area contributed by atoms with E-state index in [1.54, 1.807) is 24.3 Å². The minimum absolute atomic E-state index is 0.0262. The lowest BCUT2D eigenvalue weighted by atomic mass is 9.94. The van der Waals surface area contributed by atoms with Gasteiger partial charge in [-0.05, 0) is 24.1 Å². The maximum Gasteiger partial charge on any atom is 0.273 e.